The number of rotatable bonds is 2. The minimum Gasteiger partial charge on any atom is -0.343 e. The highest BCUT2D eigenvalue weighted by Crippen LogP contribution is 2.44. The molecule has 2 nitrogen and oxygen atoms in total. The lowest BCUT2D eigenvalue weighted by molar-refractivity contribution is -0.134. The molecule has 0 radical (unpaired) electrons. The van der Waals surface area contributed by atoms with Crippen LogP contribution in [0.25, 0.3) is 0 Å². The van der Waals surface area contributed by atoms with Crippen LogP contribution in [0.1, 0.15) is 53.4 Å². The molecule has 0 aromatic carbocycles. The van der Waals surface area contributed by atoms with Crippen LogP contribution in [0.2, 0.25) is 0 Å². The van der Waals surface area contributed by atoms with E-state index in [-0.39, 0.29) is 5.41 Å². The first-order chi connectivity index (χ1) is 8.41. The van der Waals surface area contributed by atoms with Crippen LogP contribution in [0.3, 0.4) is 0 Å². The second kappa shape index (κ2) is 5.07. The fourth-order valence-electron chi connectivity index (χ4n) is 3.14. The van der Waals surface area contributed by atoms with Crippen LogP contribution in [-0.4, -0.2) is 23.9 Å². The van der Waals surface area contributed by atoms with Gasteiger partial charge in [-0.25, -0.2) is 0 Å². The average molecular weight is 249 g/mol. The first-order valence-corrected chi connectivity index (χ1v) is 7.36. The summed E-state index contributed by atoms with van der Waals surface area (Å²) in [6.45, 7) is 11.0. The van der Waals surface area contributed by atoms with E-state index >= 15 is 0 Å². The number of allylic oxidation sites excluding steroid dienone is 2. The van der Waals surface area contributed by atoms with Gasteiger partial charge in [0.05, 0.1) is 0 Å². The number of hydrogen-bond donors (Lipinski definition) is 0. The molecular formula is C16H27NO. The molecule has 18 heavy (non-hydrogen) atoms. The second-order valence-corrected chi connectivity index (χ2v) is 6.81. The third-order valence-electron chi connectivity index (χ3n) is 5.30. The number of hydrogen-bond acceptors (Lipinski definition) is 1. The van der Waals surface area contributed by atoms with Gasteiger partial charge in [-0.3, -0.25) is 4.79 Å². The zero-order chi connectivity index (χ0) is 13.3. The summed E-state index contributed by atoms with van der Waals surface area (Å²) >= 11 is 0. The van der Waals surface area contributed by atoms with Crippen molar-refractivity contribution >= 4 is 5.91 Å². The van der Waals surface area contributed by atoms with Gasteiger partial charge < -0.3 is 4.90 Å². The SMILES string of the molecule is CC1=CCC(CC(=O)N2CCC(C)CC2)C1(C)C. The summed E-state index contributed by atoms with van der Waals surface area (Å²) in [5.41, 5.74) is 1.66. The van der Waals surface area contributed by atoms with Crippen molar-refractivity contribution in [3.8, 4) is 0 Å². The summed E-state index contributed by atoms with van der Waals surface area (Å²) in [6, 6.07) is 0. The van der Waals surface area contributed by atoms with E-state index < -0.39 is 0 Å². The molecular weight excluding hydrogens is 222 g/mol. The minimum atomic E-state index is 0.207. The molecule has 2 heteroatoms. The molecule has 0 aromatic heterocycles. The first-order valence-electron chi connectivity index (χ1n) is 7.36. The molecule has 2 aliphatic rings. The van der Waals surface area contributed by atoms with Crippen molar-refractivity contribution in [2.75, 3.05) is 13.1 Å². The Morgan fingerprint density at radius 3 is 2.50 bits per heavy atom. The lowest BCUT2D eigenvalue weighted by Crippen LogP contribution is -2.39. The molecule has 0 bridgehead atoms. The van der Waals surface area contributed by atoms with Gasteiger partial charge in [0.1, 0.15) is 0 Å². The zero-order valence-electron chi connectivity index (χ0n) is 12.3. The highest BCUT2D eigenvalue weighted by atomic mass is 16.2. The third kappa shape index (κ3) is 2.62. The number of piperidine rings is 1. The highest BCUT2D eigenvalue weighted by Gasteiger charge is 2.37. The molecule has 1 amide bonds. The standard InChI is InChI=1S/C16H27NO/c1-12-7-9-17(10-8-12)15(18)11-14-6-5-13(2)16(14,3)4/h5,12,14H,6-11H2,1-4H3. The number of carbonyl (C=O) groups is 1. The van der Waals surface area contributed by atoms with Gasteiger partial charge in [0.15, 0.2) is 0 Å². The Morgan fingerprint density at radius 1 is 1.39 bits per heavy atom. The maximum atomic E-state index is 12.4. The maximum Gasteiger partial charge on any atom is 0.222 e. The normalized spacial score (nSPS) is 28.3. The average Bonchev–Trinajstić information content (AvgIpc) is 2.57. The number of nitrogens with zero attached hydrogens (tertiary/aromatic N) is 1. The van der Waals surface area contributed by atoms with Crippen molar-refractivity contribution in [2.24, 2.45) is 17.3 Å². The summed E-state index contributed by atoms with van der Waals surface area (Å²) in [7, 11) is 0. The molecule has 0 N–H and O–H groups in total. The van der Waals surface area contributed by atoms with Crippen molar-refractivity contribution in [3.05, 3.63) is 11.6 Å². The van der Waals surface area contributed by atoms with E-state index in [0.29, 0.717) is 11.8 Å². The van der Waals surface area contributed by atoms with Crippen molar-refractivity contribution in [3.63, 3.8) is 0 Å². The van der Waals surface area contributed by atoms with Crippen molar-refractivity contribution in [1.29, 1.82) is 0 Å². The van der Waals surface area contributed by atoms with Gasteiger partial charge in [0.2, 0.25) is 5.91 Å². The van der Waals surface area contributed by atoms with E-state index in [1.165, 1.54) is 18.4 Å². The Labute approximate surface area is 111 Å². The van der Waals surface area contributed by atoms with Crippen LogP contribution in [0.4, 0.5) is 0 Å². The van der Waals surface area contributed by atoms with Gasteiger partial charge in [-0.2, -0.15) is 0 Å². The summed E-state index contributed by atoms with van der Waals surface area (Å²) in [4.78, 5) is 14.4. The van der Waals surface area contributed by atoms with Crippen molar-refractivity contribution < 1.29 is 4.79 Å². The Morgan fingerprint density at radius 2 is 2.00 bits per heavy atom. The van der Waals surface area contributed by atoms with Gasteiger partial charge in [0, 0.05) is 19.5 Å². The molecule has 1 aliphatic heterocycles. The van der Waals surface area contributed by atoms with E-state index in [9.17, 15) is 4.79 Å². The number of carbonyl (C=O) groups excluding carboxylic acids is 1. The van der Waals surface area contributed by atoms with Crippen LogP contribution >= 0.6 is 0 Å². The maximum absolute atomic E-state index is 12.4. The number of likely N-dealkylation sites (tertiary alicyclic amines) is 1. The fraction of sp³-hybridized carbons (Fsp3) is 0.812. The van der Waals surface area contributed by atoms with Crippen LogP contribution < -0.4 is 0 Å². The van der Waals surface area contributed by atoms with Gasteiger partial charge in [-0.05, 0) is 43.4 Å². The zero-order valence-corrected chi connectivity index (χ0v) is 12.3. The predicted molar refractivity (Wildman–Crippen MR) is 75.2 cm³/mol. The largest absolute Gasteiger partial charge is 0.343 e. The van der Waals surface area contributed by atoms with E-state index in [0.717, 1.165) is 31.8 Å². The molecule has 1 heterocycles. The van der Waals surface area contributed by atoms with Crippen LogP contribution in [0, 0.1) is 17.3 Å². The van der Waals surface area contributed by atoms with Crippen LogP contribution in [-0.2, 0) is 4.79 Å². The summed E-state index contributed by atoms with van der Waals surface area (Å²) in [6.07, 6.45) is 6.48. The summed E-state index contributed by atoms with van der Waals surface area (Å²) in [5.74, 6) is 1.67. The van der Waals surface area contributed by atoms with Gasteiger partial charge in [-0.15, -0.1) is 0 Å². The minimum absolute atomic E-state index is 0.207. The van der Waals surface area contributed by atoms with Gasteiger partial charge in [-0.1, -0.05) is 32.4 Å². The molecule has 1 aliphatic carbocycles. The first kappa shape index (κ1) is 13.6. The number of amides is 1. The molecule has 1 fully saturated rings. The summed E-state index contributed by atoms with van der Waals surface area (Å²) < 4.78 is 0. The van der Waals surface area contributed by atoms with Gasteiger partial charge in [0.25, 0.3) is 0 Å². The van der Waals surface area contributed by atoms with Crippen LogP contribution in [0.5, 0.6) is 0 Å². The van der Waals surface area contributed by atoms with Crippen molar-refractivity contribution in [2.45, 2.75) is 53.4 Å². The highest BCUT2D eigenvalue weighted by molar-refractivity contribution is 5.76. The third-order valence-corrected chi connectivity index (χ3v) is 5.30. The smallest absolute Gasteiger partial charge is 0.222 e. The molecule has 0 aromatic rings. The van der Waals surface area contributed by atoms with Crippen molar-refractivity contribution in [1.82, 2.24) is 4.90 Å². The molecule has 1 unspecified atom stereocenters. The predicted octanol–water partition coefficient (Wildman–Crippen LogP) is 3.63. The Hall–Kier alpha value is -0.790. The molecule has 0 saturated carbocycles. The molecule has 0 spiro atoms. The van der Waals surface area contributed by atoms with E-state index in [2.05, 4.69) is 38.7 Å². The summed E-state index contributed by atoms with van der Waals surface area (Å²) in [5, 5.41) is 0. The van der Waals surface area contributed by atoms with Gasteiger partial charge >= 0.3 is 0 Å². The van der Waals surface area contributed by atoms with E-state index in [1.54, 1.807) is 0 Å². The lowest BCUT2D eigenvalue weighted by Gasteiger charge is -2.34. The quantitative estimate of drug-likeness (QED) is 0.684. The molecule has 102 valence electrons. The fourth-order valence-corrected chi connectivity index (χ4v) is 3.14. The van der Waals surface area contributed by atoms with E-state index in [1.807, 2.05) is 0 Å². The second-order valence-electron chi connectivity index (χ2n) is 6.81. The molecule has 1 saturated heterocycles. The van der Waals surface area contributed by atoms with E-state index in [4.69, 9.17) is 0 Å². The lowest BCUT2D eigenvalue weighted by atomic mass is 9.76. The Balaban J connectivity index is 1.89. The molecule has 1 atom stereocenters. The monoisotopic (exact) mass is 249 g/mol. The Bertz CT molecular complexity index is 348. The van der Waals surface area contributed by atoms with Crippen LogP contribution in [0.15, 0.2) is 11.6 Å². The Kier molecular flexibility index (Phi) is 3.84. The molecule has 2 rings (SSSR count). The topological polar surface area (TPSA) is 20.3 Å².